The predicted molar refractivity (Wildman–Crippen MR) is 58.0 cm³/mol. The molecule has 0 rings (SSSR count). The van der Waals surface area contributed by atoms with Crippen LogP contribution in [0.15, 0.2) is 0 Å². The summed E-state index contributed by atoms with van der Waals surface area (Å²) in [6.07, 6.45) is 2.41. The molecule has 0 aliphatic heterocycles. The number of methoxy groups -OCH3 is 1. The Morgan fingerprint density at radius 2 is 1.85 bits per heavy atom. The lowest BCUT2D eigenvalue weighted by molar-refractivity contribution is 0.152. The second-order valence-corrected chi connectivity index (χ2v) is 4.14. The van der Waals surface area contributed by atoms with E-state index < -0.39 is 0 Å². The van der Waals surface area contributed by atoms with E-state index in [9.17, 15) is 0 Å². The topological polar surface area (TPSA) is 21.3 Å². The first-order valence-electron chi connectivity index (χ1n) is 5.36. The molecule has 2 heteroatoms. The van der Waals surface area contributed by atoms with Crippen LogP contribution in [0.1, 0.15) is 40.5 Å². The summed E-state index contributed by atoms with van der Waals surface area (Å²) in [7, 11) is 1.77. The minimum absolute atomic E-state index is 0.521. The molecule has 0 heterocycles. The van der Waals surface area contributed by atoms with Crippen LogP contribution in [0, 0.1) is 5.92 Å². The lowest BCUT2D eigenvalue weighted by Gasteiger charge is -2.24. The maximum atomic E-state index is 5.17. The SMILES string of the molecule is CCCC(COC)NC(C)C(C)C. The third-order valence-corrected chi connectivity index (χ3v) is 2.50. The summed E-state index contributed by atoms with van der Waals surface area (Å²) >= 11 is 0. The number of rotatable bonds is 7. The zero-order chi connectivity index (χ0) is 10.3. The van der Waals surface area contributed by atoms with Gasteiger partial charge in [-0.05, 0) is 19.3 Å². The van der Waals surface area contributed by atoms with Gasteiger partial charge in [-0.2, -0.15) is 0 Å². The van der Waals surface area contributed by atoms with E-state index in [1.807, 2.05) is 0 Å². The smallest absolute Gasteiger partial charge is 0.0615 e. The maximum Gasteiger partial charge on any atom is 0.0615 e. The fourth-order valence-corrected chi connectivity index (χ4v) is 1.33. The number of hydrogen-bond donors (Lipinski definition) is 1. The van der Waals surface area contributed by atoms with Gasteiger partial charge in [-0.1, -0.05) is 27.2 Å². The van der Waals surface area contributed by atoms with Gasteiger partial charge in [-0.3, -0.25) is 0 Å². The molecule has 80 valence electrons. The van der Waals surface area contributed by atoms with Gasteiger partial charge in [0.05, 0.1) is 6.61 Å². The van der Waals surface area contributed by atoms with E-state index in [4.69, 9.17) is 4.74 Å². The largest absolute Gasteiger partial charge is 0.383 e. The number of hydrogen-bond acceptors (Lipinski definition) is 2. The Bertz CT molecular complexity index is 109. The number of nitrogens with one attached hydrogen (secondary N) is 1. The van der Waals surface area contributed by atoms with E-state index in [1.54, 1.807) is 7.11 Å². The summed E-state index contributed by atoms with van der Waals surface area (Å²) in [5.74, 6) is 0.691. The van der Waals surface area contributed by atoms with Crippen molar-refractivity contribution in [2.24, 2.45) is 5.92 Å². The van der Waals surface area contributed by atoms with E-state index >= 15 is 0 Å². The van der Waals surface area contributed by atoms with Gasteiger partial charge in [0, 0.05) is 19.2 Å². The highest BCUT2D eigenvalue weighted by Gasteiger charge is 2.13. The molecule has 0 spiro atoms. The van der Waals surface area contributed by atoms with E-state index in [0.29, 0.717) is 18.0 Å². The Labute approximate surface area is 83.1 Å². The van der Waals surface area contributed by atoms with E-state index in [-0.39, 0.29) is 0 Å². The summed E-state index contributed by atoms with van der Waals surface area (Å²) in [4.78, 5) is 0. The highest BCUT2D eigenvalue weighted by Crippen LogP contribution is 2.04. The van der Waals surface area contributed by atoms with Gasteiger partial charge in [0.15, 0.2) is 0 Å². The summed E-state index contributed by atoms with van der Waals surface area (Å²) in [5, 5.41) is 3.59. The molecule has 0 aromatic rings. The summed E-state index contributed by atoms with van der Waals surface area (Å²) in [6, 6.07) is 1.10. The Morgan fingerprint density at radius 3 is 2.23 bits per heavy atom. The zero-order valence-corrected chi connectivity index (χ0v) is 9.76. The Morgan fingerprint density at radius 1 is 1.23 bits per heavy atom. The molecule has 0 amide bonds. The van der Waals surface area contributed by atoms with Gasteiger partial charge in [0.1, 0.15) is 0 Å². The van der Waals surface area contributed by atoms with Crippen molar-refractivity contribution in [3.8, 4) is 0 Å². The highest BCUT2D eigenvalue weighted by molar-refractivity contribution is 4.72. The van der Waals surface area contributed by atoms with Crippen molar-refractivity contribution in [1.82, 2.24) is 5.32 Å². The normalized spacial score (nSPS) is 16.2. The van der Waals surface area contributed by atoms with E-state index in [1.165, 1.54) is 12.8 Å². The van der Waals surface area contributed by atoms with Crippen LogP contribution >= 0.6 is 0 Å². The molecule has 0 saturated heterocycles. The molecule has 0 aromatic carbocycles. The van der Waals surface area contributed by atoms with Crippen LogP contribution < -0.4 is 5.32 Å². The second kappa shape index (κ2) is 7.34. The van der Waals surface area contributed by atoms with Crippen molar-refractivity contribution in [3.05, 3.63) is 0 Å². The third kappa shape index (κ3) is 6.05. The summed E-state index contributed by atoms with van der Waals surface area (Å²) in [6.45, 7) is 9.76. The van der Waals surface area contributed by atoms with Gasteiger partial charge in [-0.25, -0.2) is 0 Å². The fourth-order valence-electron chi connectivity index (χ4n) is 1.33. The van der Waals surface area contributed by atoms with Gasteiger partial charge < -0.3 is 10.1 Å². The summed E-state index contributed by atoms with van der Waals surface area (Å²) < 4.78 is 5.17. The molecule has 0 fully saturated rings. The van der Waals surface area contributed by atoms with Crippen LogP contribution in [0.2, 0.25) is 0 Å². The lowest BCUT2D eigenvalue weighted by atomic mass is 10.0. The molecule has 0 bridgehead atoms. The van der Waals surface area contributed by atoms with Crippen molar-refractivity contribution in [3.63, 3.8) is 0 Å². The van der Waals surface area contributed by atoms with Crippen LogP contribution in [0.25, 0.3) is 0 Å². The van der Waals surface area contributed by atoms with E-state index in [2.05, 4.69) is 33.0 Å². The van der Waals surface area contributed by atoms with Gasteiger partial charge >= 0.3 is 0 Å². The first-order chi connectivity index (χ1) is 6.11. The van der Waals surface area contributed by atoms with Crippen molar-refractivity contribution in [2.75, 3.05) is 13.7 Å². The van der Waals surface area contributed by atoms with Gasteiger partial charge in [0.25, 0.3) is 0 Å². The Kier molecular flexibility index (Phi) is 7.29. The quantitative estimate of drug-likeness (QED) is 0.661. The van der Waals surface area contributed by atoms with Crippen molar-refractivity contribution in [1.29, 1.82) is 0 Å². The lowest BCUT2D eigenvalue weighted by Crippen LogP contribution is -2.41. The van der Waals surface area contributed by atoms with Crippen LogP contribution in [-0.2, 0) is 4.74 Å². The Hall–Kier alpha value is -0.0800. The van der Waals surface area contributed by atoms with Crippen molar-refractivity contribution in [2.45, 2.75) is 52.6 Å². The van der Waals surface area contributed by atoms with Crippen molar-refractivity contribution >= 4 is 0 Å². The van der Waals surface area contributed by atoms with Gasteiger partial charge in [0.2, 0.25) is 0 Å². The van der Waals surface area contributed by atoms with E-state index in [0.717, 1.165) is 6.61 Å². The molecular weight excluding hydrogens is 162 g/mol. The average molecular weight is 187 g/mol. The van der Waals surface area contributed by atoms with Gasteiger partial charge in [-0.15, -0.1) is 0 Å². The second-order valence-electron chi connectivity index (χ2n) is 4.14. The zero-order valence-electron chi connectivity index (χ0n) is 9.76. The molecule has 2 unspecified atom stereocenters. The molecule has 2 nitrogen and oxygen atoms in total. The van der Waals surface area contributed by atoms with Crippen LogP contribution in [0.5, 0.6) is 0 Å². The van der Waals surface area contributed by atoms with Crippen LogP contribution in [-0.4, -0.2) is 25.8 Å². The standard InChI is InChI=1S/C11H25NO/c1-6-7-11(8-13-5)12-10(4)9(2)3/h9-12H,6-8H2,1-5H3. The first kappa shape index (κ1) is 12.9. The summed E-state index contributed by atoms with van der Waals surface area (Å²) in [5.41, 5.74) is 0. The minimum Gasteiger partial charge on any atom is -0.383 e. The average Bonchev–Trinajstić information content (AvgIpc) is 2.05. The highest BCUT2D eigenvalue weighted by atomic mass is 16.5. The fraction of sp³-hybridized carbons (Fsp3) is 1.00. The van der Waals surface area contributed by atoms with Crippen molar-refractivity contribution < 1.29 is 4.74 Å². The molecule has 0 saturated carbocycles. The molecule has 0 radical (unpaired) electrons. The third-order valence-electron chi connectivity index (χ3n) is 2.50. The Balaban J connectivity index is 3.78. The minimum atomic E-state index is 0.521. The molecule has 0 aliphatic rings. The van der Waals surface area contributed by atoms with Crippen LogP contribution in [0.4, 0.5) is 0 Å². The maximum absolute atomic E-state index is 5.17. The molecule has 2 atom stereocenters. The molecule has 1 N–H and O–H groups in total. The molecule has 0 aromatic heterocycles. The molecule has 0 aliphatic carbocycles. The van der Waals surface area contributed by atoms with Crippen LogP contribution in [0.3, 0.4) is 0 Å². The molecular formula is C11H25NO. The predicted octanol–water partition coefficient (Wildman–Crippen LogP) is 2.44. The molecule has 13 heavy (non-hydrogen) atoms. The number of ether oxygens (including phenoxy) is 1. The first-order valence-corrected chi connectivity index (χ1v) is 5.36. The monoisotopic (exact) mass is 187 g/mol.